The molecule has 0 aromatic heterocycles. The predicted molar refractivity (Wildman–Crippen MR) is 59.1 cm³/mol. The van der Waals surface area contributed by atoms with Gasteiger partial charge in [-0.25, -0.2) is 0 Å². The van der Waals surface area contributed by atoms with E-state index in [9.17, 15) is 4.79 Å². The van der Waals surface area contributed by atoms with E-state index in [2.05, 4.69) is 24.5 Å². The Labute approximate surface area is 85.0 Å². The van der Waals surface area contributed by atoms with E-state index in [1.54, 1.807) is 11.8 Å². The van der Waals surface area contributed by atoms with Gasteiger partial charge in [-0.15, -0.1) is 0 Å². The molecule has 0 saturated carbocycles. The molecule has 3 nitrogen and oxygen atoms in total. The van der Waals surface area contributed by atoms with Gasteiger partial charge in [-0.2, -0.15) is 11.8 Å². The van der Waals surface area contributed by atoms with Gasteiger partial charge >= 0.3 is 0 Å². The summed E-state index contributed by atoms with van der Waals surface area (Å²) in [5, 5.41) is 6.15. The van der Waals surface area contributed by atoms with Crippen LogP contribution in [-0.4, -0.2) is 37.0 Å². The SMILES string of the molecule is CSCC(=O)NCCCNC(C)C. The summed E-state index contributed by atoms with van der Waals surface area (Å²) in [6.45, 7) is 5.98. The average Bonchev–Trinajstić information content (AvgIpc) is 2.03. The summed E-state index contributed by atoms with van der Waals surface area (Å²) in [7, 11) is 0. The third-order valence-electron chi connectivity index (χ3n) is 1.50. The van der Waals surface area contributed by atoms with Gasteiger partial charge in [0.25, 0.3) is 0 Å². The lowest BCUT2D eigenvalue weighted by atomic mass is 10.3. The zero-order chi connectivity index (χ0) is 10.1. The largest absolute Gasteiger partial charge is 0.355 e. The van der Waals surface area contributed by atoms with Crippen molar-refractivity contribution in [2.24, 2.45) is 0 Å². The van der Waals surface area contributed by atoms with Gasteiger partial charge in [0, 0.05) is 12.6 Å². The topological polar surface area (TPSA) is 41.1 Å². The van der Waals surface area contributed by atoms with Crippen molar-refractivity contribution in [1.29, 1.82) is 0 Å². The van der Waals surface area contributed by atoms with Crippen molar-refractivity contribution < 1.29 is 4.79 Å². The second kappa shape index (κ2) is 8.38. The lowest BCUT2D eigenvalue weighted by molar-refractivity contribution is -0.118. The summed E-state index contributed by atoms with van der Waals surface area (Å²) < 4.78 is 0. The number of carbonyl (C=O) groups excluding carboxylic acids is 1. The van der Waals surface area contributed by atoms with Crippen LogP contribution in [0, 0.1) is 0 Å². The molecule has 13 heavy (non-hydrogen) atoms. The Morgan fingerprint density at radius 3 is 2.62 bits per heavy atom. The molecule has 78 valence electrons. The first-order valence-electron chi connectivity index (χ1n) is 4.66. The molecule has 4 heteroatoms. The second-order valence-corrected chi connectivity index (χ2v) is 4.11. The highest BCUT2D eigenvalue weighted by Gasteiger charge is 1.97. The van der Waals surface area contributed by atoms with E-state index < -0.39 is 0 Å². The van der Waals surface area contributed by atoms with E-state index in [-0.39, 0.29) is 5.91 Å². The van der Waals surface area contributed by atoms with Crippen LogP contribution in [0.3, 0.4) is 0 Å². The fraction of sp³-hybridized carbons (Fsp3) is 0.889. The van der Waals surface area contributed by atoms with Gasteiger partial charge in [0.1, 0.15) is 0 Å². The predicted octanol–water partition coefficient (Wildman–Crippen LogP) is 0.854. The summed E-state index contributed by atoms with van der Waals surface area (Å²) in [5.41, 5.74) is 0. The maximum atomic E-state index is 11.0. The average molecular weight is 204 g/mol. The van der Waals surface area contributed by atoms with Gasteiger partial charge in [0.2, 0.25) is 5.91 Å². The standard InChI is InChI=1S/C9H20N2OS/c1-8(2)10-5-4-6-11-9(12)7-13-3/h8,10H,4-7H2,1-3H3,(H,11,12). The quantitative estimate of drug-likeness (QED) is 0.604. The molecule has 0 fully saturated rings. The Morgan fingerprint density at radius 1 is 1.38 bits per heavy atom. The number of nitrogens with one attached hydrogen (secondary N) is 2. The molecule has 0 saturated heterocycles. The third kappa shape index (κ3) is 9.70. The molecule has 0 aliphatic carbocycles. The van der Waals surface area contributed by atoms with Crippen molar-refractivity contribution in [2.45, 2.75) is 26.3 Å². The molecular weight excluding hydrogens is 184 g/mol. The van der Waals surface area contributed by atoms with Crippen LogP contribution in [0.1, 0.15) is 20.3 Å². The molecule has 2 N–H and O–H groups in total. The maximum Gasteiger partial charge on any atom is 0.229 e. The summed E-state index contributed by atoms with van der Waals surface area (Å²) in [4.78, 5) is 11.0. The Bertz CT molecular complexity index is 140. The van der Waals surface area contributed by atoms with E-state index in [0.29, 0.717) is 11.8 Å². The lowest BCUT2D eigenvalue weighted by Crippen LogP contribution is -2.30. The number of rotatable bonds is 7. The summed E-state index contributed by atoms with van der Waals surface area (Å²) in [5.74, 6) is 0.703. The van der Waals surface area contributed by atoms with E-state index in [4.69, 9.17) is 0 Å². The molecule has 0 bridgehead atoms. The highest BCUT2D eigenvalue weighted by atomic mass is 32.2. The summed E-state index contributed by atoms with van der Waals surface area (Å²) in [6, 6.07) is 0.530. The van der Waals surface area contributed by atoms with Crippen LogP contribution in [0.2, 0.25) is 0 Å². The van der Waals surface area contributed by atoms with E-state index in [1.807, 2.05) is 6.26 Å². The smallest absolute Gasteiger partial charge is 0.229 e. The van der Waals surface area contributed by atoms with Crippen LogP contribution in [0.4, 0.5) is 0 Å². The zero-order valence-corrected chi connectivity index (χ0v) is 9.54. The third-order valence-corrected chi connectivity index (χ3v) is 2.05. The fourth-order valence-electron chi connectivity index (χ4n) is 0.889. The number of hydrogen-bond acceptors (Lipinski definition) is 3. The Balaban J connectivity index is 3.11. The van der Waals surface area contributed by atoms with Crippen LogP contribution in [0.5, 0.6) is 0 Å². The van der Waals surface area contributed by atoms with E-state index in [1.165, 1.54) is 0 Å². The monoisotopic (exact) mass is 204 g/mol. The minimum atomic E-state index is 0.136. The molecule has 0 radical (unpaired) electrons. The zero-order valence-electron chi connectivity index (χ0n) is 8.72. The van der Waals surface area contributed by atoms with Crippen LogP contribution < -0.4 is 10.6 Å². The molecule has 0 aromatic rings. The fourth-order valence-corrected chi connectivity index (χ4v) is 1.25. The van der Waals surface area contributed by atoms with Crippen molar-refractivity contribution in [3.8, 4) is 0 Å². The summed E-state index contributed by atoms with van der Waals surface area (Å²) >= 11 is 1.55. The Kier molecular flexibility index (Phi) is 8.24. The van der Waals surface area contributed by atoms with E-state index >= 15 is 0 Å². The Morgan fingerprint density at radius 2 is 2.08 bits per heavy atom. The lowest BCUT2D eigenvalue weighted by Gasteiger charge is -2.08. The molecule has 1 amide bonds. The molecule has 0 aliphatic rings. The molecule has 0 spiro atoms. The van der Waals surface area contributed by atoms with Crippen LogP contribution in [0.25, 0.3) is 0 Å². The molecule has 0 aliphatic heterocycles. The van der Waals surface area contributed by atoms with Crippen molar-refractivity contribution in [1.82, 2.24) is 10.6 Å². The Hall–Kier alpha value is -0.220. The number of hydrogen-bond donors (Lipinski definition) is 2. The van der Waals surface area contributed by atoms with Gasteiger partial charge in [0.05, 0.1) is 5.75 Å². The van der Waals surface area contributed by atoms with Gasteiger partial charge in [-0.1, -0.05) is 13.8 Å². The first-order chi connectivity index (χ1) is 6.16. The molecule has 0 heterocycles. The molecule has 0 rings (SSSR count). The van der Waals surface area contributed by atoms with E-state index in [0.717, 1.165) is 19.5 Å². The van der Waals surface area contributed by atoms with Crippen molar-refractivity contribution in [2.75, 3.05) is 25.1 Å². The van der Waals surface area contributed by atoms with Crippen molar-refractivity contribution in [3.05, 3.63) is 0 Å². The van der Waals surface area contributed by atoms with Gasteiger partial charge in [0.15, 0.2) is 0 Å². The molecule has 0 aromatic carbocycles. The second-order valence-electron chi connectivity index (χ2n) is 3.25. The van der Waals surface area contributed by atoms with Gasteiger partial charge in [-0.3, -0.25) is 4.79 Å². The highest BCUT2D eigenvalue weighted by Crippen LogP contribution is 1.89. The van der Waals surface area contributed by atoms with Crippen LogP contribution >= 0.6 is 11.8 Å². The first-order valence-corrected chi connectivity index (χ1v) is 6.05. The minimum Gasteiger partial charge on any atom is -0.355 e. The molecule has 0 unspecified atom stereocenters. The number of carbonyl (C=O) groups is 1. The molecular formula is C9H20N2OS. The molecule has 0 atom stereocenters. The first kappa shape index (κ1) is 12.8. The summed E-state index contributed by atoms with van der Waals surface area (Å²) in [6.07, 6.45) is 2.93. The highest BCUT2D eigenvalue weighted by molar-refractivity contribution is 7.99. The van der Waals surface area contributed by atoms with Crippen LogP contribution in [0.15, 0.2) is 0 Å². The number of amides is 1. The minimum absolute atomic E-state index is 0.136. The van der Waals surface area contributed by atoms with Crippen molar-refractivity contribution in [3.63, 3.8) is 0 Å². The van der Waals surface area contributed by atoms with Gasteiger partial charge in [-0.05, 0) is 19.2 Å². The van der Waals surface area contributed by atoms with Gasteiger partial charge < -0.3 is 10.6 Å². The van der Waals surface area contributed by atoms with Crippen molar-refractivity contribution >= 4 is 17.7 Å². The number of thioether (sulfide) groups is 1. The maximum absolute atomic E-state index is 11.0. The normalized spacial score (nSPS) is 10.5. The van der Waals surface area contributed by atoms with Crippen LogP contribution in [-0.2, 0) is 4.79 Å².